The highest BCUT2D eigenvalue weighted by atomic mass is 32.1. The van der Waals surface area contributed by atoms with E-state index in [1.165, 1.54) is 21.8 Å². The normalized spacial score (nSPS) is 11.5. The molecule has 1 rings (SSSR count). The molecule has 1 aromatic heterocycles. The molecule has 84 valence electrons. The topological polar surface area (TPSA) is 26.3 Å². The summed E-state index contributed by atoms with van der Waals surface area (Å²) in [7, 11) is 0. The minimum Gasteiger partial charge on any atom is -0.456 e. The number of esters is 1. The highest BCUT2D eigenvalue weighted by molar-refractivity contribution is 7.14. The minimum absolute atomic E-state index is 0.213. The van der Waals surface area contributed by atoms with E-state index in [4.69, 9.17) is 4.74 Å². The summed E-state index contributed by atoms with van der Waals surface area (Å²) in [5.74, 6) is -0.213. The first-order valence-corrected chi connectivity index (χ1v) is 5.98. The molecule has 0 spiro atoms. The lowest BCUT2D eigenvalue weighted by Gasteiger charge is -2.18. The predicted octanol–water partition coefficient (Wildman–Crippen LogP) is 3.57. The molecule has 2 nitrogen and oxygen atoms in total. The third kappa shape index (κ3) is 3.34. The van der Waals surface area contributed by atoms with Crippen LogP contribution in [-0.2, 0) is 11.2 Å². The van der Waals surface area contributed by atoms with Crippen molar-refractivity contribution < 1.29 is 9.53 Å². The minimum atomic E-state index is -0.415. The van der Waals surface area contributed by atoms with E-state index in [1.54, 1.807) is 0 Å². The summed E-state index contributed by atoms with van der Waals surface area (Å²) in [6, 6.07) is 1.91. The number of thiophene rings is 1. The van der Waals surface area contributed by atoms with Gasteiger partial charge in [0.25, 0.3) is 0 Å². The Balaban J connectivity index is 2.83. The fraction of sp³-hybridized carbons (Fsp3) is 0.583. The third-order valence-corrected chi connectivity index (χ3v) is 3.30. The molecular weight excluding hydrogens is 208 g/mol. The molecule has 0 amide bonds. The van der Waals surface area contributed by atoms with Gasteiger partial charge in [-0.2, -0.15) is 0 Å². The van der Waals surface area contributed by atoms with E-state index >= 15 is 0 Å². The van der Waals surface area contributed by atoms with Crippen molar-refractivity contribution in [1.82, 2.24) is 0 Å². The Kier molecular flexibility index (Phi) is 3.55. The average Bonchev–Trinajstić information content (AvgIpc) is 2.43. The van der Waals surface area contributed by atoms with Crippen LogP contribution in [0.3, 0.4) is 0 Å². The predicted molar refractivity (Wildman–Crippen MR) is 63.6 cm³/mol. The van der Waals surface area contributed by atoms with E-state index in [-0.39, 0.29) is 5.97 Å². The molecule has 0 radical (unpaired) electrons. The van der Waals surface area contributed by atoms with Gasteiger partial charge in [-0.1, -0.05) is 6.92 Å². The lowest BCUT2D eigenvalue weighted by molar-refractivity contribution is 0.00752. The Morgan fingerprint density at radius 3 is 2.47 bits per heavy atom. The fourth-order valence-electron chi connectivity index (χ4n) is 1.30. The van der Waals surface area contributed by atoms with Gasteiger partial charge in [0.05, 0.1) is 0 Å². The van der Waals surface area contributed by atoms with E-state index in [0.29, 0.717) is 4.88 Å². The second kappa shape index (κ2) is 4.35. The molecule has 0 aliphatic heterocycles. The maximum atomic E-state index is 11.7. The van der Waals surface area contributed by atoms with Crippen molar-refractivity contribution in [3.8, 4) is 0 Å². The summed E-state index contributed by atoms with van der Waals surface area (Å²) in [5, 5.41) is 0. The van der Waals surface area contributed by atoms with E-state index < -0.39 is 5.60 Å². The van der Waals surface area contributed by atoms with Crippen molar-refractivity contribution >= 4 is 17.3 Å². The second-order valence-electron chi connectivity index (χ2n) is 4.57. The molecule has 0 N–H and O–H groups in total. The molecule has 3 heteroatoms. The summed E-state index contributed by atoms with van der Waals surface area (Å²) in [5.41, 5.74) is 0.768. The Hall–Kier alpha value is -0.830. The number of ether oxygens (including phenoxy) is 1. The molecule has 1 heterocycles. The van der Waals surface area contributed by atoms with E-state index in [1.807, 2.05) is 33.8 Å². The van der Waals surface area contributed by atoms with E-state index in [2.05, 4.69) is 6.92 Å². The first kappa shape index (κ1) is 12.2. The van der Waals surface area contributed by atoms with Crippen molar-refractivity contribution in [2.45, 2.75) is 46.6 Å². The second-order valence-corrected chi connectivity index (χ2v) is 5.71. The highest BCUT2D eigenvalue weighted by Crippen LogP contribution is 2.24. The van der Waals surface area contributed by atoms with Crippen molar-refractivity contribution in [3.63, 3.8) is 0 Å². The van der Waals surface area contributed by atoms with E-state index in [9.17, 15) is 4.79 Å². The smallest absolute Gasteiger partial charge is 0.348 e. The van der Waals surface area contributed by atoms with Crippen LogP contribution in [0.25, 0.3) is 0 Å². The van der Waals surface area contributed by atoms with Gasteiger partial charge in [0, 0.05) is 4.88 Å². The number of hydrogen-bond acceptors (Lipinski definition) is 3. The monoisotopic (exact) mass is 226 g/mol. The summed E-state index contributed by atoms with van der Waals surface area (Å²) in [6.45, 7) is 9.77. The van der Waals surface area contributed by atoms with Gasteiger partial charge >= 0.3 is 5.97 Å². The van der Waals surface area contributed by atoms with Gasteiger partial charge < -0.3 is 4.74 Å². The third-order valence-electron chi connectivity index (χ3n) is 1.94. The number of aryl methyl sites for hydroxylation is 2. The molecule has 1 aromatic rings. The first-order chi connectivity index (χ1) is 6.83. The number of carbonyl (C=O) groups excluding carboxylic acids is 1. The lowest BCUT2D eigenvalue weighted by atomic mass is 10.2. The number of carbonyl (C=O) groups is 1. The number of rotatable bonds is 2. The Labute approximate surface area is 95.3 Å². The summed E-state index contributed by atoms with van der Waals surface area (Å²) in [6.07, 6.45) is 0.972. The van der Waals surface area contributed by atoms with Gasteiger partial charge in [-0.05, 0) is 45.7 Å². The molecule has 0 unspecified atom stereocenters. The zero-order valence-corrected chi connectivity index (χ0v) is 10.8. The number of hydrogen-bond donors (Lipinski definition) is 0. The quantitative estimate of drug-likeness (QED) is 0.721. The summed E-state index contributed by atoms with van der Waals surface area (Å²) in [4.78, 5) is 13.7. The van der Waals surface area contributed by atoms with Crippen LogP contribution in [0.2, 0.25) is 0 Å². The highest BCUT2D eigenvalue weighted by Gasteiger charge is 2.19. The van der Waals surface area contributed by atoms with Crippen molar-refractivity contribution in [2.75, 3.05) is 0 Å². The van der Waals surface area contributed by atoms with Crippen molar-refractivity contribution in [2.24, 2.45) is 0 Å². The maximum Gasteiger partial charge on any atom is 0.348 e. The molecule has 0 fully saturated rings. The molecule has 0 saturated carbocycles. The zero-order valence-electron chi connectivity index (χ0n) is 10.0. The van der Waals surface area contributed by atoms with Crippen molar-refractivity contribution in [3.05, 3.63) is 21.4 Å². The van der Waals surface area contributed by atoms with Gasteiger partial charge in [-0.25, -0.2) is 4.79 Å². The SMILES string of the molecule is CCc1sc(C(=O)OC(C)(C)C)cc1C. The van der Waals surface area contributed by atoms with Gasteiger partial charge in [0.2, 0.25) is 0 Å². The van der Waals surface area contributed by atoms with Crippen LogP contribution in [0.1, 0.15) is 47.8 Å². The van der Waals surface area contributed by atoms with Crippen LogP contribution in [0.5, 0.6) is 0 Å². The van der Waals surface area contributed by atoms with Gasteiger partial charge in [-0.3, -0.25) is 0 Å². The fourth-order valence-corrected chi connectivity index (χ4v) is 2.29. The molecule has 15 heavy (non-hydrogen) atoms. The van der Waals surface area contributed by atoms with Crippen LogP contribution in [-0.4, -0.2) is 11.6 Å². The van der Waals surface area contributed by atoms with Crippen LogP contribution < -0.4 is 0 Å². The average molecular weight is 226 g/mol. The Morgan fingerprint density at radius 2 is 2.07 bits per heavy atom. The van der Waals surface area contributed by atoms with Crippen molar-refractivity contribution in [1.29, 1.82) is 0 Å². The van der Waals surface area contributed by atoms with Gasteiger partial charge in [0.15, 0.2) is 0 Å². The molecule has 0 saturated heterocycles. The zero-order chi connectivity index (χ0) is 11.6. The largest absolute Gasteiger partial charge is 0.456 e. The first-order valence-electron chi connectivity index (χ1n) is 5.16. The standard InChI is InChI=1S/C12H18O2S/c1-6-9-8(2)7-10(15-9)11(13)14-12(3,4)5/h7H,6H2,1-5H3. The van der Waals surface area contributed by atoms with Crippen LogP contribution >= 0.6 is 11.3 Å². The van der Waals surface area contributed by atoms with Crippen LogP contribution in [0.15, 0.2) is 6.07 Å². The van der Waals surface area contributed by atoms with E-state index in [0.717, 1.165) is 6.42 Å². The van der Waals surface area contributed by atoms with Crippen LogP contribution in [0, 0.1) is 6.92 Å². The maximum absolute atomic E-state index is 11.7. The summed E-state index contributed by atoms with van der Waals surface area (Å²) >= 11 is 1.53. The molecular formula is C12H18O2S. The molecule has 0 bridgehead atoms. The molecule has 0 aliphatic carbocycles. The lowest BCUT2D eigenvalue weighted by Crippen LogP contribution is -2.23. The Bertz CT molecular complexity index is 358. The molecule has 0 aliphatic rings. The van der Waals surface area contributed by atoms with Gasteiger partial charge in [-0.15, -0.1) is 11.3 Å². The van der Waals surface area contributed by atoms with Crippen LogP contribution in [0.4, 0.5) is 0 Å². The Morgan fingerprint density at radius 1 is 1.47 bits per heavy atom. The van der Waals surface area contributed by atoms with Gasteiger partial charge in [0.1, 0.15) is 10.5 Å². The molecule has 0 atom stereocenters. The summed E-state index contributed by atoms with van der Waals surface area (Å²) < 4.78 is 5.31. The molecule has 0 aromatic carbocycles.